The maximum absolute atomic E-state index is 13.5. The summed E-state index contributed by atoms with van der Waals surface area (Å²) in [5.74, 6) is -0.860. The Bertz CT molecular complexity index is 676. The first kappa shape index (κ1) is 13.4. The van der Waals surface area contributed by atoms with E-state index in [1.54, 1.807) is 12.1 Å². The van der Waals surface area contributed by atoms with Crippen LogP contribution in [-0.4, -0.2) is 18.6 Å². The summed E-state index contributed by atoms with van der Waals surface area (Å²) >= 11 is 0. The first-order valence-electron chi connectivity index (χ1n) is 5.30. The lowest BCUT2D eigenvalue weighted by Gasteiger charge is -2.07. The molecule has 2 rings (SSSR count). The Hall–Kier alpha value is -2.06. The molecule has 0 saturated heterocycles. The van der Waals surface area contributed by atoms with Gasteiger partial charge in [0.05, 0.1) is 12.2 Å². The molecule has 0 amide bonds. The molecule has 0 bridgehead atoms. The van der Waals surface area contributed by atoms with E-state index in [1.807, 2.05) is 0 Å². The Morgan fingerprint density at radius 2 is 2.11 bits per heavy atom. The zero-order valence-corrected chi connectivity index (χ0v) is 10.6. The van der Waals surface area contributed by atoms with E-state index in [9.17, 15) is 12.8 Å². The molecule has 19 heavy (non-hydrogen) atoms. The number of nitrogens with zero attached hydrogens (tertiary/aromatic N) is 2. The predicted molar refractivity (Wildman–Crippen MR) is 66.9 cm³/mol. The molecule has 0 atom stereocenters. The minimum atomic E-state index is -3.98. The fourth-order valence-corrected chi connectivity index (χ4v) is 2.51. The van der Waals surface area contributed by atoms with Crippen LogP contribution >= 0.6 is 0 Å². The SMILES string of the molecule is Nc1ccc(F)c(S(=O)(=O)NCc2cccnn2)c1. The van der Waals surface area contributed by atoms with Gasteiger partial charge in [0, 0.05) is 11.9 Å². The van der Waals surface area contributed by atoms with Gasteiger partial charge in [-0.25, -0.2) is 17.5 Å². The largest absolute Gasteiger partial charge is 0.399 e. The fourth-order valence-electron chi connectivity index (χ4n) is 1.40. The topological polar surface area (TPSA) is 98.0 Å². The second-order valence-electron chi connectivity index (χ2n) is 3.73. The van der Waals surface area contributed by atoms with Crippen LogP contribution in [-0.2, 0) is 16.6 Å². The average Bonchev–Trinajstić information content (AvgIpc) is 2.40. The molecule has 6 nitrogen and oxygen atoms in total. The molecule has 0 aliphatic carbocycles. The van der Waals surface area contributed by atoms with Crippen LogP contribution in [0.4, 0.5) is 10.1 Å². The lowest BCUT2D eigenvalue weighted by molar-refractivity contribution is 0.556. The van der Waals surface area contributed by atoms with Gasteiger partial charge in [-0.1, -0.05) is 0 Å². The van der Waals surface area contributed by atoms with Gasteiger partial charge < -0.3 is 5.73 Å². The molecular formula is C11H11FN4O2S. The summed E-state index contributed by atoms with van der Waals surface area (Å²) in [6.07, 6.45) is 1.47. The molecule has 0 aliphatic heterocycles. The summed E-state index contributed by atoms with van der Waals surface area (Å²) in [5.41, 5.74) is 6.04. The number of sulfonamides is 1. The smallest absolute Gasteiger partial charge is 0.243 e. The van der Waals surface area contributed by atoms with Crippen molar-refractivity contribution in [2.75, 3.05) is 5.73 Å². The number of aromatic nitrogens is 2. The number of nitrogen functional groups attached to an aromatic ring is 1. The third-order valence-electron chi connectivity index (χ3n) is 2.32. The second kappa shape index (κ2) is 5.29. The monoisotopic (exact) mass is 282 g/mol. The standard InChI is InChI=1S/C11H11FN4O2S/c12-10-4-3-8(13)6-11(10)19(17,18)15-7-9-2-1-5-14-16-9/h1-6,15H,7,13H2. The number of hydrogen-bond donors (Lipinski definition) is 2. The van der Waals surface area contributed by atoms with Crippen molar-refractivity contribution >= 4 is 15.7 Å². The summed E-state index contributed by atoms with van der Waals surface area (Å²) < 4.78 is 39.6. The summed E-state index contributed by atoms with van der Waals surface area (Å²) in [4.78, 5) is -0.489. The van der Waals surface area contributed by atoms with E-state index in [4.69, 9.17) is 5.73 Å². The molecule has 0 spiro atoms. The Kier molecular flexibility index (Phi) is 3.72. The van der Waals surface area contributed by atoms with Crippen molar-refractivity contribution in [2.24, 2.45) is 0 Å². The number of nitrogens with two attached hydrogens (primary N) is 1. The van der Waals surface area contributed by atoms with Crippen LogP contribution in [0, 0.1) is 5.82 Å². The Morgan fingerprint density at radius 1 is 1.32 bits per heavy atom. The summed E-state index contributed by atoms with van der Waals surface area (Å²) in [6, 6.07) is 6.58. The minimum absolute atomic E-state index is 0.0790. The Morgan fingerprint density at radius 3 is 2.79 bits per heavy atom. The molecule has 8 heteroatoms. The summed E-state index contributed by atoms with van der Waals surface area (Å²) in [6.45, 7) is -0.0790. The zero-order valence-electron chi connectivity index (χ0n) is 9.75. The van der Waals surface area contributed by atoms with Gasteiger partial charge in [0.15, 0.2) is 0 Å². The third kappa shape index (κ3) is 3.24. The molecule has 0 unspecified atom stereocenters. The van der Waals surface area contributed by atoms with Crippen molar-refractivity contribution < 1.29 is 12.8 Å². The number of hydrogen-bond acceptors (Lipinski definition) is 5. The molecular weight excluding hydrogens is 271 g/mol. The van der Waals surface area contributed by atoms with Gasteiger partial charge in [0.2, 0.25) is 10.0 Å². The van der Waals surface area contributed by atoms with Gasteiger partial charge in [-0.05, 0) is 30.3 Å². The fraction of sp³-hybridized carbons (Fsp3) is 0.0909. The van der Waals surface area contributed by atoms with Gasteiger partial charge in [0.25, 0.3) is 0 Å². The number of nitrogens with one attached hydrogen (secondary N) is 1. The lowest BCUT2D eigenvalue weighted by Crippen LogP contribution is -2.24. The molecule has 0 aliphatic rings. The quantitative estimate of drug-likeness (QED) is 0.803. The van der Waals surface area contributed by atoms with E-state index >= 15 is 0 Å². The summed E-state index contributed by atoms with van der Waals surface area (Å²) in [7, 11) is -3.98. The number of rotatable bonds is 4. The van der Waals surface area contributed by atoms with Crippen molar-refractivity contribution in [3.05, 3.63) is 48.0 Å². The van der Waals surface area contributed by atoms with Crippen LogP contribution in [0.15, 0.2) is 41.4 Å². The average molecular weight is 282 g/mol. The number of benzene rings is 1. The molecule has 1 aromatic carbocycles. The van der Waals surface area contributed by atoms with Crippen LogP contribution < -0.4 is 10.5 Å². The molecule has 2 aromatic rings. The van der Waals surface area contributed by atoms with E-state index in [0.29, 0.717) is 5.69 Å². The van der Waals surface area contributed by atoms with Gasteiger partial charge >= 0.3 is 0 Å². The highest BCUT2D eigenvalue weighted by molar-refractivity contribution is 7.89. The number of anilines is 1. The molecule has 0 saturated carbocycles. The van der Waals surface area contributed by atoms with Crippen molar-refractivity contribution in [3.8, 4) is 0 Å². The molecule has 0 fully saturated rings. The molecule has 100 valence electrons. The van der Waals surface area contributed by atoms with Crippen molar-refractivity contribution in [1.82, 2.24) is 14.9 Å². The molecule has 0 radical (unpaired) electrons. The predicted octanol–water partition coefficient (Wildman–Crippen LogP) is 0.676. The number of halogens is 1. The van der Waals surface area contributed by atoms with Crippen molar-refractivity contribution in [3.63, 3.8) is 0 Å². The highest BCUT2D eigenvalue weighted by Crippen LogP contribution is 2.17. The van der Waals surface area contributed by atoms with Gasteiger partial charge in [-0.2, -0.15) is 10.2 Å². The first-order chi connectivity index (χ1) is 8.99. The van der Waals surface area contributed by atoms with E-state index in [1.165, 1.54) is 12.3 Å². The normalized spacial score (nSPS) is 11.4. The van der Waals surface area contributed by atoms with E-state index < -0.39 is 20.7 Å². The van der Waals surface area contributed by atoms with Crippen LogP contribution in [0.1, 0.15) is 5.69 Å². The van der Waals surface area contributed by atoms with Crippen molar-refractivity contribution in [2.45, 2.75) is 11.4 Å². The van der Waals surface area contributed by atoms with Crippen LogP contribution in [0.2, 0.25) is 0 Å². The highest BCUT2D eigenvalue weighted by Gasteiger charge is 2.19. The van der Waals surface area contributed by atoms with Crippen LogP contribution in [0.3, 0.4) is 0 Å². The first-order valence-corrected chi connectivity index (χ1v) is 6.78. The maximum Gasteiger partial charge on any atom is 0.243 e. The Balaban J connectivity index is 2.21. The van der Waals surface area contributed by atoms with Gasteiger partial charge in [0.1, 0.15) is 10.7 Å². The molecule has 1 aromatic heterocycles. The minimum Gasteiger partial charge on any atom is -0.399 e. The maximum atomic E-state index is 13.5. The van der Waals surface area contributed by atoms with E-state index in [0.717, 1.165) is 12.1 Å². The Labute approximate surface area is 109 Å². The van der Waals surface area contributed by atoms with Gasteiger partial charge in [-0.3, -0.25) is 0 Å². The molecule has 1 heterocycles. The van der Waals surface area contributed by atoms with Crippen LogP contribution in [0.25, 0.3) is 0 Å². The summed E-state index contributed by atoms with van der Waals surface area (Å²) in [5, 5.41) is 7.33. The van der Waals surface area contributed by atoms with Gasteiger partial charge in [-0.15, -0.1) is 0 Å². The third-order valence-corrected chi connectivity index (χ3v) is 3.73. The van der Waals surface area contributed by atoms with Crippen LogP contribution in [0.5, 0.6) is 0 Å². The second-order valence-corrected chi connectivity index (χ2v) is 5.46. The zero-order chi connectivity index (χ0) is 13.9. The van der Waals surface area contributed by atoms with Crippen molar-refractivity contribution in [1.29, 1.82) is 0 Å². The highest BCUT2D eigenvalue weighted by atomic mass is 32.2. The molecule has 3 N–H and O–H groups in total. The van der Waals surface area contributed by atoms with E-state index in [2.05, 4.69) is 14.9 Å². The lowest BCUT2D eigenvalue weighted by atomic mass is 10.3. The van der Waals surface area contributed by atoms with E-state index in [-0.39, 0.29) is 12.2 Å².